The molecule has 0 aliphatic heterocycles. The lowest BCUT2D eigenvalue weighted by atomic mass is 10.2. The second kappa shape index (κ2) is 12.3. The quantitative estimate of drug-likeness (QED) is 0.363. The molecule has 0 bridgehead atoms. The summed E-state index contributed by atoms with van der Waals surface area (Å²) in [6.45, 7) is 14.5. The third-order valence-corrected chi connectivity index (χ3v) is 2.92. The van der Waals surface area contributed by atoms with E-state index < -0.39 is 0 Å². The fraction of sp³-hybridized carbons (Fsp3) is 0.933. The van der Waals surface area contributed by atoms with E-state index in [9.17, 15) is 0 Å². The van der Waals surface area contributed by atoms with E-state index >= 15 is 0 Å². The van der Waals surface area contributed by atoms with Gasteiger partial charge in [0.25, 0.3) is 0 Å². The molecule has 0 fully saturated rings. The zero-order valence-corrected chi connectivity index (χ0v) is 13.6. The van der Waals surface area contributed by atoms with E-state index in [1.807, 2.05) is 7.05 Å². The van der Waals surface area contributed by atoms with Crippen LogP contribution in [0.3, 0.4) is 0 Å². The Labute approximate surface area is 120 Å². The van der Waals surface area contributed by atoms with Crippen molar-refractivity contribution >= 4 is 5.96 Å². The minimum atomic E-state index is 0.642. The highest BCUT2D eigenvalue weighted by Crippen LogP contribution is 1.95. The van der Waals surface area contributed by atoms with Crippen LogP contribution in [0.15, 0.2) is 4.99 Å². The lowest BCUT2D eigenvalue weighted by Gasteiger charge is -2.21. The van der Waals surface area contributed by atoms with Gasteiger partial charge in [0.2, 0.25) is 0 Å². The highest BCUT2D eigenvalue weighted by atomic mass is 15.2. The van der Waals surface area contributed by atoms with Crippen LogP contribution in [0.25, 0.3) is 0 Å². The maximum Gasteiger partial charge on any atom is 0.190 e. The smallest absolute Gasteiger partial charge is 0.190 e. The molecule has 0 amide bonds. The Hall–Kier alpha value is -0.770. The first-order chi connectivity index (χ1) is 9.13. The average molecular weight is 270 g/mol. The summed E-state index contributed by atoms with van der Waals surface area (Å²) in [4.78, 5) is 6.78. The standard InChI is InChI=1S/C15H34N4/c1-6-10-19(11-7-2)12-8-9-17-15(16-5)18-13-14(3)4/h14H,6-13H2,1-5H3,(H2,16,17,18). The minimum absolute atomic E-state index is 0.642. The summed E-state index contributed by atoms with van der Waals surface area (Å²) in [6, 6.07) is 0. The van der Waals surface area contributed by atoms with Gasteiger partial charge in [0.1, 0.15) is 0 Å². The molecule has 0 unspecified atom stereocenters. The first-order valence-corrected chi connectivity index (χ1v) is 7.80. The van der Waals surface area contributed by atoms with Gasteiger partial charge in [0.15, 0.2) is 5.96 Å². The summed E-state index contributed by atoms with van der Waals surface area (Å²) < 4.78 is 0. The van der Waals surface area contributed by atoms with Crippen molar-refractivity contribution < 1.29 is 0 Å². The number of guanidine groups is 1. The topological polar surface area (TPSA) is 39.7 Å². The predicted molar refractivity (Wildman–Crippen MR) is 85.8 cm³/mol. The van der Waals surface area contributed by atoms with E-state index in [1.54, 1.807) is 0 Å². The third-order valence-electron chi connectivity index (χ3n) is 2.92. The van der Waals surface area contributed by atoms with E-state index in [-0.39, 0.29) is 0 Å². The lowest BCUT2D eigenvalue weighted by molar-refractivity contribution is 0.271. The summed E-state index contributed by atoms with van der Waals surface area (Å²) in [5, 5.41) is 6.71. The van der Waals surface area contributed by atoms with Gasteiger partial charge in [-0.25, -0.2) is 0 Å². The number of hydrogen-bond acceptors (Lipinski definition) is 2. The molecule has 0 atom stereocenters. The van der Waals surface area contributed by atoms with Gasteiger partial charge < -0.3 is 15.5 Å². The van der Waals surface area contributed by atoms with Crippen molar-refractivity contribution in [3.05, 3.63) is 0 Å². The van der Waals surface area contributed by atoms with E-state index in [4.69, 9.17) is 0 Å². The van der Waals surface area contributed by atoms with Gasteiger partial charge in [-0.1, -0.05) is 27.7 Å². The van der Waals surface area contributed by atoms with Gasteiger partial charge in [-0.15, -0.1) is 0 Å². The molecular weight excluding hydrogens is 236 g/mol. The molecule has 4 heteroatoms. The van der Waals surface area contributed by atoms with E-state index in [2.05, 4.69) is 48.2 Å². The van der Waals surface area contributed by atoms with Crippen LogP contribution in [0.1, 0.15) is 47.0 Å². The van der Waals surface area contributed by atoms with E-state index in [0.29, 0.717) is 5.92 Å². The van der Waals surface area contributed by atoms with Crippen molar-refractivity contribution in [2.24, 2.45) is 10.9 Å². The second-order valence-corrected chi connectivity index (χ2v) is 5.47. The monoisotopic (exact) mass is 270 g/mol. The Morgan fingerprint density at radius 2 is 1.68 bits per heavy atom. The molecular formula is C15H34N4. The Bertz CT molecular complexity index is 220. The summed E-state index contributed by atoms with van der Waals surface area (Å²) in [7, 11) is 1.83. The summed E-state index contributed by atoms with van der Waals surface area (Å²) >= 11 is 0. The molecule has 2 N–H and O–H groups in total. The lowest BCUT2D eigenvalue weighted by Crippen LogP contribution is -2.40. The molecule has 0 heterocycles. The average Bonchev–Trinajstić information content (AvgIpc) is 2.38. The molecule has 0 saturated carbocycles. The minimum Gasteiger partial charge on any atom is -0.356 e. The first-order valence-electron chi connectivity index (χ1n) is 7.80. The Kier molecular flexibility index (Phi) is 11.8. The third kappa shape index (κ3) is 10.8. The van der Waals surface area contributed by atoms with Gasteiger partial charge in [-0.3, -0.25) is 4.99 Å². The molecule has 4 nitrogen and oxygen atoms in total. The maximum absolute atomic E-state index is 4.23. The Morgan fingerprint density at radius 3 is 2.16 bits per heavy atom. The van der Waals surface area contributed by atoms with E-state index in [1.165, 1.54) is 38.9 Å². The normalized spacial score (nSPS) is 12.3. The van der Waals surface area contributed by atoms with Crippen LogP contribution in [-0.2, 0) is 0 Å². The highest BCUT2D eigenvalue weighted by Gasteiger charge is 2.03. The predicted octanol–water partition coefficient (Wildman–Crippen LogP) is 2.32. The van der Waals surface area contributed by atoms with E-state index in [0.717, 1.165) is 19.0 Å². The van der Waals surface area contributed by atoms with Crippen molar-refractivity contribution in [3.63, 3.8) is 0 Å². The van der Waals surface area contributed by atoms with Gasteiger partial charge in [0, 0.05) is 20.1 Å². The number of nitrogens with one attached hydrogen (secondary N) is 2. The molecule has 0 saturated heterocycles. The molecule has 0 aliphatic carbocycles. The molecule has 0 aliphatic rings. The first kappa shape index (κ1) is 18.2. The van der Waals surface area contributed by atoms with Crippen LogP contribution in [0, 0.1) is 5.92 Å². The van der Waals surface area contributed by atoms with Crippen LogP contribution < -0.4 is 10.6 Å². The Balaban J connectivity index is 3.74. The van der Waals surface area contributed by atoms with Crippen LogP contribution in [-0.4, -0.2) is 50.6 Å². The fourth-order valence-corrected chi connectivity index (χ4v) is 2.00. The molecule has 0 spiro atoms. The molecule has 0 rings (SSSR count). The zero-order valence-electron chi connectivity index (χ0n) is 13.6. The van der Waals surface area contributed by atoms with Crippen molar-refractivity contribution in [1.82, 2.24) is 15.5 Å². The number of aliphatic imine (C=N–C) groups is 1. The Morgan fingerprint density at radius 1 is 1.05 bits per heavy atom. The van der Waals surface area contributed by atoms with Crippen molar-refractivity contribution in [1.29, 1.82) is 0 Å². The number of hydrogen-bond donors (Lipinski definition) is 2. The molecule has 19 heavy (non-hydrogen) atoms. The zero-order chi connectivity index (χ0) is 14.5. The molecule has 0 radical (unpaired) electrons. The van der Waals surface area contributed by atoms with Crippen LogP contribution in [0.5, 0.6) is 0 Å². The maximum atomic E-state index is 4.23. The van der Waals surface area contributed by atoms with Gasteiger partial charge in [-0.05, 0) is 44.8 Å². The van der Waals surface area contributed by atoms with Gasteiger partial charge in [0.05, 0.1) is 0 Å². The van der Waals surface area contributed by atoms with Crippen molar-refractivity contribution in [2.75, 3.05) is 39.8 Å². The summed E-state index contributed by atoms with van der Waals surface area (Å²) in [5.41, 5.74) is 0. The molecule has 0 aromatic heterocycles. The largest absolute Gasteiger partial charge is 0.356 e. The molecule has 114 valence electrons. The van der Waals surface area contributed by atoms with Crippen molar-refractivity contribution in [3.8, 4) is 0 Å². The van der Waals surface area contributed by atoms with Gasteiger partial charge in [-0.2, -0.15) is 0 Å². The summed E-state index contributed by atoms with van der Waals surface area (Å²) in [5.74, 6) is 1.56. The number of nitrogens with zero attached hydrogens (tertiary/aromatic N) is 2. The van der Waals surface area contributed by atoms with Crippen LogP contribution in [0.2, 0.25) is 0 Å². The number of rotatable bonds is 10. The van der Waals surface area contributed by atoms with Crippen LogP contribution >= 0.6 is 0 Å². The molecule has 0 aromatic carbocycles. The summed E-state index contributed by atoms with van der Waals surface area (Å²) in [6.07, 6.45) is 3.65. The highest BCUT2D eigenvalue weighted by molar-refractivity contribution is 5.79. The SMILES string of the molecule is CCCN(CCC)CCCNC(=NC)NCC(C)C. The van der Waals surface area contributed by atoms with Crippen molar-refractivity contribution in [2.45, 2.75) is 47.0 Å². The van der Waals surface area contributed by atoms with Crippen LogP contribution in [0.4, 0.5) is 0 Å². The fourth-order valence-electron chi connectivity index (χ4n) is 2.00. The molecule has 0 aromatic rings. The van der Waals surface area contributed by atoms with Gasteiger partial charge >= 0.3 is 0 Å². The second-order valence-electron chi connectivity index (χ2n) is 5.47.